The summed E-state index contributed by atoms with van der Waals surface area (Å²) in [5.41, 5.74) is 2.01. The molecular weight excluding hydrogens is 378 g/mol. The van der Waals surface area contributed by atoms with E-state index in [1.54, 1.807) is 0 Å². The number of amides is 3. The second-order valence-corrected chi connectivity index (χ2v) is 8.92. The van der Waals surface area contributed by atoms with Crippen molar-refractivity contribution in [1.82, 2.24) is 19.3 Å². The first kappa shape index (κ1) is 20.7. The minimum absolute atomic E-state index is 0.0681. The van der Waals surface area contributed by atoms with Gasteiger partial charge in [0.1, 0.15) is 0 Å². The van der Waals surface area contributed by atoms with Crippen LogP contribution in [0.2, 0.25) is 0 Å². The third-order valence-corrected chi connectivity index (χ3v) is 6.06. The molecule has 1 aromatic carbocycles. The first-order chi connectivity index (χ1) is 14.5. The number of fused-ring (bicyclic) bond motifs is 1. The molecular formula is C23H33N5O2. The summed E-state index contributed by atoms with van der Waals surface area (Å²) in [4.78, 5) is 31.0. The fraction of sp³-hybridized carbons (Fsp3) is 0.565. The highest BCUT2D eigenvalue weighted by Gasteiger charge is 2.25. The van der Waals surface area contributed by atoms with E-state index in [2.05, 4.69) is 47.0 Å². The second-order valence-electron chi connectivity index (χ2n) is 8.92. The number of carbonyl (C=O) groups excluding carboxylic acids is 2. The molecule has 0 atom stereocenters. The van der Waals surface area contributed by atoms with Crippen LogP contribution in [0.3, 0.4) is 0 Å². The number of aromatic nitrogens is 1. The van der Waals surface area contributed by atoms with Gasteiger partial charge in [0.2, 0.25) is 5.91 Å². The van der Waals surface area contributed by atoms with Crippen molar-refractivity contribution in [1.29, 1.82) is 0 Å². The topological polar surface area (TPSA) is 60.8 Å². The highest BCUT2D eigenvalue weighted by atomic mass is 16.2. The van der Waals surface area contributed by atoms with Crippen LogP contribution in [0.1, 0.15) is 26.7 Å². The molecule has 2 aliphatic rings. The Morgan fingerprint density at radius 1 is 0.967 bits per heavy atom. The first-order valence-corrected chi connectivity index (χ1v) is 11.1. The lowest BCUT2D eigenvalue weighted by molar-refractivity contribution is -0.131. The molecule has 0 aliphatic carbocycles. The van der Waals surface area contributed by atoms with Crippen molar-refractivity contribution >= 4 is 28.5 Å². The third kappa shape index (κ3) is 4.78. The molecule has 0 radical (unpaired) electrons. The van der Waals surface area contributed by atoms with Gasteiger partial charge in [0, 0.05) is 68.6 Å². The van der Waals surface area contributed by atoms with Gasteiger partial charge in [0.05, 0.1) is 6.54 Å². The SMILES string of the molecule is CC(C)Cn1ccc2cc(NC(=O)N3CCN(CC(=O)N4CCCC4)CC3)ccc21. The molecule has 3 amide bonds. The summed E-state index contributed by atoms with van der Waals surface area (Å²) in [6.07, 6.45) is 4.35. The monoisotopic (exact) mass is 411 g/mol. The molecule has 2 aromatic rings. The Labute approximate surface area is 178 Å². The van der Waals surface area contributed by atoms with E-state index in [1.807, 2.05) is 21.9 Å². The second kappa shape index (κ2) is 9.08. The van der Waals surface area contributed by atoms with Crippen molar-refractivity contribution in [2.45, 2.75) is 33.2 Å². The number of likely N-dealkylation sites (tertiary alicyclic amines) is 1. The Hall–Kier alpha value is -2.54. The molecule has 2 saturated heterocycles. The van der Waals surface area contributed by atoms with E-state index < -0.39 is 0 Å². The van der Waals surface area contributed by atoms with Gasteiger partial charge in [-0.3, -0.25) is 9.69 Å². The van der Waals surface area contributed by atoms with Crippen LogP contribution in [0.15, 0.2) is 30.5 Å². The maximum atomic E-state index is 12.7. The highest BCUT2D eigenvalue weighted by molar-refractivity contribution is 5.93. The number of carbonyl (C=O) groups is 2. The van der Waals surface area contributed by atoms with Gasteiger partial charge in [0.25, 0.3) is 0 Å². The molecule has 0 bridgehead atoms. The summed E-state index contributed by atoms with van der Waals surface area (Å²) in [5, 5.41) is 4.18. The fourth-order valence-corrected chi connectivity index (χ4v) is 4.40. The summed E-state index contributed by atoms with van der Waals surface area (Å²) >= 11 is 0. The van der Waals surface area contributed by atoms with Gasteiger partial charge in [-0.15, -0.1) is 0 Å². The molecule has 162 valence electrons. The number of hydrogen-bond donors (Lipinski definition) is 1. The zero-order chi connectivity index (χ0) is 21.1. The third-order valence-electron chi connectivity index (χ3n) is 6.06. The standard InChI is InChI=1S/C23H33N5O2/c1-18(2)16-28-10-7-19-15-20(5-6-21(19)28)24-23(30)27-13-11-25(12-14-27)17-22(29)26-8-3-4-9-26/h5-7,10,15,18H,3-4,8-9,11-14,16-17H2,1-2H3,(H,24,30). The van der Waals surface area contributed by atoms with E-state index in [0.717, 1.165) is 56.6 Å². The maximum absolute atomic E-state index is 12.7. The van der Waals surface area contributed by atoms with E-state index in [1.165, 1.54) is 5.52 Å². The Balaban J connectivity index is 1.29. The minimum atomic E-state index is -0.0681. The van der Waals surface area contributed by atoms with E-state index in [0.29, 0.717) is 25.6 Å². The quantitative estimate of drug-likeness (QED) is 0.823. The molecule has 2 fully saturated rings. The Morgan fingerprint density at radius 2 is 1.70 bits per heavy atom. The Morgan fingerprint density at radius 3 is 2.40 bits per heavy atom. The largest absolute Gasteiger partial charge is 0.347 e. The van der Waals surface area contributed by atoms with Crippen LogP contribution in [-0.4, -0.2) is 77.0 Å². The van der Waals surface area contributed by atoms with Crippen LogP contribution < -0.4 is 5.32 Å². The zero-order valence-electron chi connectivity index (χ0n) is 18.1. The van der Waals surface area contributed by atoms with E-state index in [9.17, 15) is 9.59 Å². The van der Waals surface area contributed by atoms with Crippen molar-refractivity contribution in [3.8, 4) is 0 Å². The number of benzene rings is 1. The number of nitrogens with zero attached hydrogens (tertiary/aromatic N) is 4. The normalized spacial score (nSPS) is 17.8. The highest BCUT2D eigenvalue weighted by Crippen LogP contribution is 2.22. The van der Waals surface area contributed by atoms with Crippen molar-refractivity contribution in [2.75, 3.05) is 51.1 Å². The predicted molar refractivity (Wildman–Crippen MR) is 120 cm³/mol. The molecule has 0 unspecified atom stereocenters. The number of hydrogen-bond acceptors (Lipinski definition) is 3. The van der Waals surface area contributed by atoms with Crippen LogP contribution in [0.25, 0.3) is 10.9 Å². The molecule has 4 rings (SSSR count). The van der Waals surface area contributed by atoms with Crippen LogP contribution in [0.4, 0.5) is 10.5 Å². The van der Waals surface area contributed by atoms with Gasteiger partial charge in [-0.05, 0) is 43.0 Å². The van der Waals surface area contributed by atoms with Crippen LogP contribution in [-0.2, 0) is 11.3 Å². The Kier molecular flexibility index (Phi) is 6.27. The first-order valence-electron chi connectivity index (χ1n) is 11.1. The number of nitrogens with one attached hydrogen (secondary N) is 1. The minimum Gasteiger partial charge on any atom is -0.347 e. The van der Waals surface area contributed by atoms with Gasteiger partial charge in [-0.1, -0.05) is 13.8 Å². The van der Waals surface area contributed by atoms with Gasteiger partial charge >= 0.3 is 6.03 Å². The molecule has 0 spiro atoms. The summed E-state index contributed by atoms with van der Waals surface area (Å²) < 4.78 is 2.26. The molecule has 1 N–H and O–H groups in total. The number of piperazine rings is 1. The van der Waals surface area contributed by atoms with Crippen molar-refractivity contribution in [3.63, 3.8) is 0 Å². The molecule has 3 heterocycles. The van der Waals surface area contributed by atoms with Crippen molar-refractivity contribution in [3.05, 3.63) is 30.5 Å². The maximum Gasteiger partial charge on any atom is 0.321 e. The number of rotatable bonds is 5. The molecule has 7 nitrogen and oxygen atoms in total. The summed E-state index contributed by atoms with van der Waals surface area (Å²) in [5.74, 6) is 0.812. The van der Waals surface area contributed by atoms with Crippen molar-refractivity contribution in [2.24, 2.45) is 5.92 Å². The molecule has 30 heavy (non-hydrogen) atoms. The fourth-order valence-electron chi connectivity index (χ4n) is 4.40. The smallest absolute Gasteiger partial charge is 0.321 e. The van der Waals surface area contributed by atoms with E-state index >= 15 is 0 Å². The number of urea groups is 1. The van der Waals surface area contributed by atoms with Crippen LogP contribution in [0, 0.1) is 5.92 Å². The molecule has 2 aliphatic heterocycles. The van der Waals surface area contributed by atoms with Gasteiger partial charge in [-0.2, -0.15) is 0 Å². The number of anilines is 1. The van der Waals surface area contributed by atoms with Gasteiger partial charge < -0.3 is 19.7 Å². The van der Waals surface area contributed by atoms with Crippen LogP contribution in [0.5, 0.6) is 0 Å². The van der Waals surface area contributed by atoms with E-state index in [-0.39, 0.29) is 11.9 Å². The molecule has 7 heteroatoms. The summed E-state index contributed by atoms with van der Waals surface area (Å²) in [7, 11) is 0. The van der Waals surface area contributed by atoms with Gasteiger partial charge in [-0.25, -0.2) is 4.79 Å². The lowest BCUT2D eigenvalue weighted by Gasteiger charge is -2.35. The summed E-state index contributed by atoms with van der Waals surface area (Å²) in [6.45, 7) is 10.4. The summed E-state index contributed by atoms with van der Waals surface area (Å²) in [6, 6.07) is 8.12. The lowest BCUT2D eigenvalue weighted by atomic mass is 10.2. The average molecular weight is 412 g/mol. The van der Waals surface area contributed by atoms with E-state index in [4.69, 9.17) is 0 Å². The zero-order valence-corrected chi connectivity index (χ0v) is 18.1. The molecule has 0 saturated carbocycles. The van der Waals surface area contributed by atoms with Crippen molar-refractivity contribution < 1.29 is 9.59 Å². The Bertz CT molecular complexity index is 892. The molecule has 1 aromatic heterocycles. The van der Waals surface area contributed by atoms with Gasteiger partial charge in [0.15, 0.2) is 0 Å². The van der Waals surface area contributed by atoms with Crippen LogP contribution >= 0.6 is 0 Å². The predicted octanol–water partition coefficient (Wildman–Crippen LogP) is 3.07. The average Bonchev–Trinajstić information content (AvgIpc) is 3.39. The lowest BCUT2D eigenvalue weighted by Crippen LogP contribution is -2.52.